The van der Waals surface area contributed by atoms with Gasteiger partial charge < -0.3 is 10.6 Å². The van der Waals surface area contributed by atoms with E-state index < -0.39 is 5.54 Å². The van der Waals surface area contributed by atoms with Gasteiger partial charge in [-0.3, -0.25) is 0 Å². The maximum atomic E-state index is 13.0. The second-order valence-corrected chi connectivity index (χ2v) is 5.15. The zero-order valence-corrected chi connectivity index (χ0v) is 12.7. The third-order valence-corrected chi connectivity index (χ3v) is 3.73. The maximum absolute atomic E-state index is 13.0. The van der Waals surface area contributed by atoms with E-state index in [0.717, 1.165) is 24.2 Å². The summed E-state index contributed by atoms with van der Waals surface area (Å²) in [4.78, 5) is 10.8. The van der Waals surface area contributed by atoms with E-state index in [1.807, 2.05) is 6.92 Å². The van der Waals surface area contributed by atoms with Crippen molar-refractivity contribution in [1.29, 1.82) is 0 Å². The van der Waals surface area contributed by atoms with E-state index >= 15 is 0 Å². The van der Waals surface area contributed by atoms with Crippen molar-refractivity contribution >= 4 is 5.95 Å². The molecular weight excluding hydrogens is 267 g/mol. The van der Waals surface area contributed by atoms with Crippen molar-refractivity contribution in [2.24, 2.45) is 5.73 Å². The number of hydrogen-bond donors (Lipinski definition) is 1. The zero-order valence-electron chi connectivity index (χ0n) is 12.7. The molecule has 4 nitrogen and oxygen atoms in total. The molecule has 1 unspecified atom stereocenters. The highest BCUT2D eigenvalue weighted by Gasteiger charge is 2.25. The summed E-state index contributed by atoms with van der Waals surface area (Å²) in [6.45, 7) is 7.70. The Morgan fingerprint density at radius 3 is 2.05 bits per heavy atom. The molecule has 0 aliphatic carbocycles. The highest BCUT2D eigenvalue weighted by molar-refractivity contribution is 5.37. The normalized spacial score (nSPS) is 13.8. The van der Waals surface area contributed by atoms with Gasteiger partial charge in [-0.15, -0.1) is 0 Å². The SMILES string of the molecule is CCN(CC)c1ncc(C(C)(N)c2ccc(F)cc2)cn1. The van der Waals surface area contributed by atoms with Crippen LogP contribution in [0.3, 0.4) is 0 Å². The Labute approximate surface area is 124 Å². The number of nitrogens with two attached hydrogens (primary N) is 1. The van der Waals surface area contributed by atoms with Crippen LogP contribution in [-0.2, 0) is 5.54 Å². The second kappa shape index (κ2) is 6.18. The average Bonchev–Trinajstić information content (AvgIpc) is 2.49. The van der Waals surface area contributed by atoms with Crippen LogP contribution in [0, 0.1) is 5.82 Å². The van der Waals surface area contributed by atoms with Crippen LogP contribution in [-0.4, -0.2) is 23.1 Å². The van der Waals surface area contributed by atoms with E-state index in [1.54, 1.807) is 24.5 Å². The molecule has 0 amide bonds. The minimum atomic E-state index is -0.754. The van der Waals surface area contributed by atoms with Gasteiger partial charge in [-0.25, -0.2) is 14.4 Å². The number of benzene rings is 1. The van der Waals surface area contributed by atoms with Gasteiger partial charge in [-0.2, -0.15) is 0 Å². The van der Waals surface area contributed by atoms with E-state index in [0.29, 0.717) is 5.95 Å². The van der Waals surface area contributed by atoms with Crippen LogP contribution in [0.4, 0.5) is 10.3 Å². The lowest BCUT2D eigenvalue weighted by molar-refractivity contribution is 0.587. The van der Waals surface area contributed by atoms with Crippen LogP contribution >= 0.6 is 0 Å². The fourth-order valence-corrected chi connectivity index (χ4v) is 2.22. The van der Waals surface area contributed by atoms with Crippen LogP contribution in [0.5, 0.6) is 0 Å². The topological polar surface area (TPSA) is 55.0 Å². The quantitative estimate of drug-likeness (QED) is 0.919. The van der Waals surface area contributed by atoms with E-state index in [-0.39, 0.29) is 5.82 Å². The summed E-state index contributed by atoms with van der Waals surface area (Å²) >= 11 is 0. The Morgan fingerprint density at radius 2 is 1.57 bits per heavy atom. The summed E-state index contributed by atoms with van der Waals surface area (Å²) in [6.07, 6.45) is 3.48. The first-order valence-corrected chi connectivity index (χ1v) is 7.11. The highest BCUT2D eigenvalue weighted by Crippen LogP contribution is 2.26. The average molecular weight is 288 g/mol. The molecular formula is C16H21FN4. The van der Waals surface area contributed by atoms with Crippen LogP contribution in [0.25, 0.3) is 0 Å². The van der Waals surface area contributed by atoms with Crippen molar-refractivity contribution in [3.63, 3.8) is 0 Å². The fraction of sp³-hybridized carbons (Fsp3) is 0.375. The van der Waals surface area contributed by atoms with Crippen molar-refractivity contribution in [2.75, 3.05) is 18.0 Å². The standard InChI is InChI=1S/C16H21FN4/c1-4-21(5-2)15-19-10-13(11-20-15)16(3,18)12-6-8-14(17)9-7-12/h6-11H,4-5,18H2,1-3H3. The van der Waals surface area contributed by atoms with E-state index in [4.69, 9.17) is 5.73 Å². The molecule has 1 atom stereocenters. The summed E-state index contributed by atoms with van der Waals surface area (Å²) in [5.41, 5.74) is 7.25. The summed E-state index contributed by atoms with van der Waals surface area (Å²) in [5, 5.41) is 0. The molecule has 0 aliphatic heterocycles. The van der Waals surface area contributed by atoms with Crippen molar-refractivity contribution < 1.29 is 4.39 Å². The van der Waals surface area contributed by atoms with Gasteiger partial charge in [0.2, 0.25) is 5.95 Å². The molecule has 0 radical (unpaired) electrons. The predicted octanol–water partition coefficient (Wildman–Crippen LogP) is 2.68. The number of halogens is 1. The van der Waals surface area contributed by atoms with E-state index in [1.165, 1.54) is 12.1 Å². The molecule has 21 heavy (non-hydrogen) atoms. The number of hydrogen-bond acceptors (Lipinski definition) is 4. The summed E-state index contributed by atoms with van der Waals surface area (Å²) in [7, 11) is 0. The molecule has 2 N–H and O–H groups in total. The first-order chi connectivity index (χ1) is 9.98. The summed E-state index contributed by atoms with van der Waals surface area (Å²) in [5.74, 6) is 0.418. The molecule has 2 aromatic rings. The van der Waals surface area contributed by atoms with Gasteiger partial charge in [0.15, 0.2) is 0 Å². The first-order valence-electron chi connectivity index (χ1n) is 7.11. The maximum Gasteiger partial charge on any atom is 0.225 e. The molecule has 2 rings (SSSR count). The lowest BCUT2D eigenvalue weighted by Crippen LogP contribution is -2.35. The first kappa shape index (κ1) is 15.4. The molecule has 1 aromatic heterocycles. The number of rotatable bonds is 5. The zero-order chi connectivity index (χ0) is 15.5. The Morgan fingerprint density at radius 1 is 1.05 bits per heavy atom. The van der Waals surface area contributed by atoms with Crippen molar-refractivity contribution in [2.45, 2.75) is 26.3 Å². The number of anilines is 1. The fourth-order valence-electron chi connectivity index (χ4n) is 2.22. The van der Waals surface area contributed by atoms with Gasteiger partial charge in [-0.1, -0.05) is 12.1 Å². The van der Waals surface area contributed by atoms with Crippen LogP contribution in [0.15, 0.2) is 36.7 Å². The molecule has 0 aliphatic rings. The monoisotopic (exact) mass is 288 g/mol. The minimum Gasteiger partial charge on any atom is -0.341 e. The highest BCUT2D eigenvalue weighted by atomic mass is 19.1. The summed E-state index contributed by atoms with van der Waals surface area (Å²) in [6, 6.07) is 6.19. The number of nitrogens with zero attached hydrogens (tertiary/aromatic N) is 3. The summed E-state index contributed by atoms with van der Waals surface area (Å²) < 4.78 is 13.0. The molecule has 0 saturated carbocycles. The van der Waals surface area contributed by atoms with Crippen molar-refractivity contribution in [1.82, 2.24) is 9.97 Å². The lowest BCUT2D eigenvalue weighted by Gasteiger charge is -2.26. The second-order valence-electron chi connectivity index (χ2n) is 5.15. The Balaban J connectivity index is 2.30. The molecule has 0 saturated heterocycles. The third kappa shape index (κ3) is 3.19. The van der Waals surface area contributed by atoms with Crippen LogP contribution < -0.4 is 10.6 Å². The molecule has 1 heterocycles. The Bertz CT molecular complexity index is 574. The molecule has 0 spiro atoms. The molecule has 0 fully saturated rings. The third-order valence-electron chi connectivity index (χ3n) is 3.73. The van der Waals surface area contributed by atoms with Crippen molar-refractivity contribution in [3.8, 4) is 0 Å². The van der Waals surface area contributed by atoms with Crippen molar-refractivity contribution in [3.05, 3.63) is 53.6 Å². The Kier molecular flexibility index (Phi) is 4.53. The van der Waals surface area contributed by atoms with Gasteiger partial charge in [0.25, 0.3) is 0 Å². The lowest BCUT2D eigenvalue weighted by atomic mass is 9.87. The minimum absolute atomic E-state index is 0.275. The molecule has 0 bridgehead atoms. The van der Waals surface area contributed by atoms with Gasteiger partial charge in [-0.05, 0) is 38.5 Å². The largest absolute Gasteiger partial charge is 0.341 e. The predicted molar refractivity (Wildman–Crippen MR) is 82.6 cm³/mol. The molecule has 1 aromatic carbocycles. The van der Waals surface area contributed by atoms with Gasteiger partial charge in [0, 0.05) is 31.0 Å². The van der Waals surface area contributed by atoms with Crippen LogP contribution in [0.1, 0.15) is 31.9 Å². The number of aromatic nitrogens is 2. The van der Waals surface area contributed by atoms with E-state index in [2.05, 4.69) is 28.7 Å². The van der Waals surface area contributed by atoms with Gasteiger partial charge >= 0.3 is 0 Å². The smallest absolute Gasteiger partial charge is 0.225 e. The molecule has 112 valence electrons. The van der Waals surface area contributed by atoms with Gasteiger partial charge in [0.1, 0.15) is 5.82 Å². The van der Waals surface area contributed by atoms with E-state index in [9.17, 15) is 4.39 Å². The Hall–Kier alpha value is -2.01. The van der Waals surface area contributed by atoms with Gasteiger partial charge in [0.05, 0.1) is 5.54 Å². The van der Waals surface area contributed by atoms with Crippen LogP contribution in [0.2, 0.25) is 0 Å². The molecule has 5 heteroatoms.